The second kappa shape index (κ2) is 6.08. The first kappa shape index (κ1) is 15.2. The lowest BCUT2D eigenvalue weighted by molar-refractivity contribution is -0.137. The number of anilines is 1. The fourth-order valence-electron chi connectivity index (χ4n) is 2.15. The van der Waals surface area contributed by atoms with Crippen LogP contribution in [0, 0.1) is 29.6 Å². The molecule has 7 nitrogen and oxygen atoms in total. The standard InChI is InChI=1S/C15H12N4O3/c1-9-4-10(7-16)5-11(8-17)14(9)18-12-6-13(21)19(2-3-20)15(12)22/h4-6,18,20H,2-3H2,1H3. The van der Waals surface area contributed by atoms with Crippen LogP contribution in [0.25, 0.3) is 0 Å². The summed E-state index contributed by atoms with van der Waals surface area (Å²) in [6, 6.07) is 6.89. The summed E-state index contributed by atoms with van der Waals surface area (Å²) in [5.74, 6) is -1.09. The number of aryl methyl sites for hydroxylation is 1. The Kier molecular flexibility index (Phi) is 4.21. The zero-order valence-corrected chi connectivity index (χ0v) is 11.8. The van der Waals surface area contributed by atoms with E-state index in [1.54, 1.807) is 13.0 Å². The van der Waals surface area contributed by atoms with E-state index < -0.39 is 11.8 Å². The average Bonchev–Trinajstić information content (AvgIpc) is 2.77. The third-order valence-corrected chi connectivity index (χ3v) is 3.18. The first-order valence-corrected chi connectivity index (χ1v) is 6.42. The second-order valence-corrected chi connectivity index (χ2v) is 4.64. The van der Waals surface area contributed by atoms with Crippen molar-refractivity contribution in [2.24, 2.45) is 0 Å². The van der Waals surface area contributed by atoms with Crippen LogP contribution in [-0.2, 0) is 9.59 Å². The van der Waals surface area contributed by atoms with Crippen molar-refractivity contribution in [1.29, 1.82) is 10.5 Å². The molecule has 2 amide bonds. The molecule has 7 heteroatoms. The number of amides is 2. The monoisotopic (exact) mass is 296 g/mol. The van der Waals surface area contributed by atoms with Gasteiger partial charge in [0.2, 0.25) is 0 Å². The van der Waals surface area contributed by atoms with E-state index in [4.69, 9.17) is 10.4 Å². The predicted molar refractivity (Wildman–Crippen MR) is 76.1 cm³/mol. The lowest BCUT2D eigenvalue weighted by Gasteiger charge is -2.15. The summed E-state index contributed by atoms with van der Waals surface area (Å²) in [6.07, 6.45) is 1.12. The molecular weight excluding hydrogens is 284 g/mol. The summed E-state index contributed by atoms with van der Waals surface area (Å²) < 4.78 is 0. The van der Waals surface area contributed by atoms with Gasteiger partial charge in [-0.1, -0.05) is 0 Å². The number of hydrogen-bond acceptors (Lipinski definition) is 6. The number of hydrogen-bond donors (Lipinski definition) is 2. The summed E-state index contributed by atoms with van der Waals surface area (Å²) in [6.45, 7) is 1.28. The SMILES string of the molecule is Cc1cc(C#N)cc(C#N)c1NC1=CC(=O)N(CCO)C1=O. The van der Waals surface area contributed by atoms with E-state index in [0.717, 1.165) is 11.0 Å². The highest BCUT2D eigenvalue weighted by atomic mass is 16.3. The number of rotatable bonds is 4. The molecule has 110 valence electrons. The Balaban J connectivity index is 2.35. The molecule has 1 heterocycles. The number of nitriles is 2. The van der Waals surface area contributed by atoms with Gasteiger partial charge in [0, 0.05) is 6.08 Å². The summed E-state index contributed by atoms with van der Waals surface area (Å²) in [5, 5.41) is 29.7. The molecule has 0 bridgehead atoms. The second-order valence-electron chi connectivity index (χ2n) is 4.64. The summed E-state index contributed by atoms with van der Waals surface area (Å²) in [7, 11) is 0. The van der Waals surface area contributed by atoms with Gasteiger partial charge >= 0.3 is 0 Å². The molecule has 0 radical (unpaired) electrons. The van der Waals surface area contributed by atoms with Gasteiger partial charge in [-0.05, 0) is 24.6 Å². The Hall–Kier alpha value is -3.16. The van der Waals surface area contributed by atoms with Crippen LogP contribution in [0.15, 0.2) is 23.9 Å². The Bertz CT molecular complexity index is 768. The zero-order valence-electron chi connectivity index (χ0n) is 11.8. The van der Waals surface area contributed by atoms with Crippen LogP contribution in [0.1, 0.15) is 16.7 Å². The van der Waals surface area contributed by atoms with Crippen LogP contribution >= 0.6 is 0 Å². The number of nitrogens with one attached hydrogen (secondary N) is 1. The van der Waals surface area contributed by atoms with Gasteiger partial charge in [-0.15, -0.1) is 0 Å². The van der Waals surface area contributed by atoms with Gasteiger partial charge in [-0.25, -0.2) is 0 Å². The normalized spacial score (nSPS) is 13.6. The first-order chi connectivity index (χ1) is 10.5. The maximum atomic E-state index is 12.1. The third kappa shape index (κ3) is 2.66. The third-order valence-electron chi connectivity index (χ3n) is 3.18. The molecule has 1 aromatic rings. The van der Waals surface area contributed by atoms with Gasteiger partial charge in [0.25, 0.3) is 11.8 Å². The molecule has 1 aromatic carbocycles. The first-order valence-electron chi connectivity index (χ1n) is 6.42. The summed E-state index contributed by atoms with van der Waals surface area (Å²) >= 11 is 0. The summed E-state index contributed by atoms with van der Waals surface area (Å²) in [5.41, 5.74) is 1.56. The quantitative estimate of drug-likeness (QED) is 0.776. The van der Waals surface area contributed by atoms with Crippen LogP contribution in [0.3, 0.4) is 0 Å². The number of carbonyl (C=O) groups is 2. The lowest BCUT2D eigenvalue weighted by atomic mass is 10.0. The fourth-order valence-corrected chi connectivity index (χ4v) is 2.15. The molecular formula is C15H12N4O3. The van der Waals surface area contributed by atoms with E-state index in [2.05, 4.69) is 5.32 Å². The molecule has 0 saturated heterocycles. The predicted octanol–water partition coefficient (Wildman–Crippen LogP) is 0.395. The van der Waals surface area contributed by atoms with Crippen molar-refractivity contribution >= 4 is 17.5 Å². The largest absolute Gasteiger partial charge is 0.395 e. The maximum Gasteiger partial charge on any atom is 0.277 e. The topological polar surface area (TPSA) is 117 Å². The van der Waals surface area contributed by atoms with E-state index in [1.165, 1.54) is 6.07 Å². The molecule has 0 saturated carbocycles. The van der Waals surface area contributed by atoms with Gasteiger partial charge in [-0.3, -0.25) is 14.5 Å². The van der Waals surface area contributed by atoms with Gasteiger partial charge in [-0.2, -0.15) is 10.5 Å². The van der Waals surface area contributed by atoms with Crippen LogP contribution in [-0.4, -0.2) is 35.0 Å². The molecule has 2 rings (SSSR count). The molecule has 0 unspecified atom stereocenters. The highest BCUT2D eigenvalue weighted by Gasteiger charge is 2.31. The van der Waals surface area contributed by atoms with Crippen LogP contribution < -0.4 is 5.32 Å². The van der Waals surface area contributed by atoms with Crippen molar-refractivity contribution in [3.63, 3.8) is 0 Å². The van der Waals surface area contributed by atoms with Gasteiger partial charge in [0.15, 0.2) is 0 Å². The number of imide groups is 1. The van der Waals surface area contributed by atoms with Crippen molar-refractivity contribution in [1.82, 2.24) is 4.90 Å². The van der Waals surface area contributed by atoms with E-state index in [-0.39, 0.29) is 24.4 Å². The Morgan fingerprint density at radius 1 is 1.27 bits per heavy atom. The number of β-amino-alcohol motifs (C(OH)–C–C–N with tert-alkyl or cyclic N) is 1. The molecule has 0 spiro atoms. The van der Waals surface area contributed by atoms with E-state index >= 15 is 0 Å². The molecule has 0 aliphatic carbocycles. The van der Waals surface area contributed by atoms with Crippen LogP contribution in [0.5, 0.6) is 0 Å². The molecule has 0 fully saturated rings. The fraction of sp³-hybridized carbons (Fsp3) is 0.200. The molecule has 22 heavy (non-hydrogen) atoms. The van der Waals surface area contributed by atoms with Gasteiger partial charge < -0.3 is 10.4 Å². The molecule has 0 aromatic heterocycles. The molecule has 0 atom stereocenters. The van der Waals surface area contributed by atoms with E-state index in [0.29, 0.717) is 16.8 Å². The van der Waals surface area contributed by atoms with Crippen LogP contribution in [0.4, 0.5) is 5.69 Å². The number of benzene rings is 1. The molecule has 2 N–H and O–H groups in total. The van der Waals surface area contributed by atoms with Crippen molar-refractivity contribution in [3.8, 4) is 12.1 Å². The van der Waals surface area contributed by atoms with Crippen molar-refractivity contribution in [2.45, 2.75) is 6.92 Å². The minimum atomic E-state index is -0.563. The molecule has 1 aliphatic rings. The zero-order chi connectivity index (χ0) is 16.3. The highest BCUT2D eigenvalue weighted by Crippen LogP contribution is 2.25. The smallest absolute Gasteiger partial charge is 0.277 e. The van der Waals surface area contributed by atoms with Gasteiger partial charge in [0.05, 0.1) is 36.0 Å². The maximum absolute atomic E-state index is 12.1. The number of aliphatic hydroxyl groups is 1. The number of aliphatic hydroxyl groups excluding tert-OH is 1. The Labute approximate surface area is 126 Å². The number of nitrogens with zero attached hydrogens (tertiary/aromatic N) is 3. The Morgan fingerprint density at radius 3 is 2.59 bits per heavy atom. The highest BCUT2D eigenvalue weighted by molar-refractivity contribution is 6.17. The van der Waals surface area contributed by atoms with Gasteiger partial charge in [0.1, 0.15) is 11.8 Å². The number of carbonyl (C=O) groups excluding carboxylic acids is 2. The van der Waals surface area contributed by atoms with Crippen molar-refractivity contribution in [2.75, 3.05) is 18.5 Å². The minimum Gasteiger partial charge on any atom is -0.395 e. The average molecular weight is 296 g/mol. The lowest BCUT2D eigenvalue weighted by Crippen LogP contribution is -2.34. The van der Waals surface area contributed by atoms with Crippen molar-refractivity contribution in [3.05, 3.63) is 40.6 Å². The van der Waals surface area contributed by atoms with Crippen molar-refractivity contribution < 1.29 is 14.7 Å². The minimum absolute atomic E-state index is 0.0303. The van der Waals surface area contributed by atoms with Crippen LogP contribution in [0.2, 0.25) is 0 Å². The molecule has 1 aliphatic heterocycles. The van der Waals surface area contributed by atoms with E-state index in [9.17, 15) is 14.9 Å². The van der Waals surface area contributed by atoms with E-state index in [1.807, 2.05) is 12.1 Å². The Morgan fingerprint density at radius 2 is 2.00 bits per heavy atom. The summed E-state index contributed by atoms with van der Waals surface area (Å²) in [4.78, 5) is 24.7.